The first-order valence-corrected chi connectivity index (χ1v) is 10.9. The molecule has 0 saturated heterocycles. The van der Waals surface area contributed by atoms with E-state index in [1.54, 1.807) is 29.2 Å². The smallest absolute Gasteiger partial charge is 0.204 e. The van der Waals surface area contributed by atoms with E-state index in [0.29, 0.717) is 42.5 Å². The monoisotopic (exact) mass is 473 g/mol. The number of hydrogen-bond donors (Lipinski definition) is 4. The van der Waals surface area contributed by atoms with Crippen LogP contribution in [-0.2, 0) is 0 Å². The van der Waals surface area contributed by atoms with E-state index in [2.05, 4.69) is 0 Å². The van der Waals surface area contributed by atoms with Crippen molar-refractivity contribution in [2.24, 2.45) is 0 Å². The Balaban J connectivity index is 1.47. The number of ether oxygens (including phenoxy) is 3. The van der Waals surface area contributed by atoms with E-state index >= 15 is 0 Å². The van der Waals surface area contributed by atoms with Gasteiger partial charge in [-0.3, -0.25) is 9.69 Å². The van der Waals surface area contributed by atoms with E-state index in [9.17, 15) is 15.0 Å². The maximum atomic E-state index is 12.7. The second-order valence-corrected chi connectivity index (χ2v) is 7.83. The highest BCUT2D eigenvalue weighted by Crippen LogP contribution is 2.43. The van der Waals surface area contributed by atoms with Crippen molar-refractivity contribution in [1.82, 2.24) is 4.90 Å². The summed E-state index contributed by atoms with van der Waals surface area (Å²) in [4.78, 5) is 14.4. The van der Waals surface area contributed by atoms with Crippen LogP contribution in [0.3, 0.4) is 0 Å². The molecule has 10 nitrogen and oxygen atoms in total. The van der Waals surface area contributed by atoms with Crippen molar-refractivity contribution in [3.63, 3.8) is 0 Å². The molecule has 4 N–H and O–H groups in total. The maximum absolute atomic E-state index is 12.7. The van der Waals surface area contributed by atoms with Gasteiger partial charge in [-0.25, -0.2) is 0 Å². The van der Waals surface area contributed by atoms with Crippen LogP contribution in [0.1, 0.15) is 0 Å². The van der Waals surface area contributed by atoms with Crippen LogP contribution in [0.15, 0.2) is 45.6 Å². The molecule has 0 saturated carbocycles. The van der Waals surface area contributed by atoms with E-state index in [1.807, 2.05) is 0 Å². The standard InChI is InChI=1S/C24H27NO9/c26-7-5-25(6-8-27)13-16(28)14-33-17-3-1-15(2-4-17)19-11-18(29)22-20(34-19)12-21-24(23(22)30)32-10-9-31-21/h1-4,11-12,16,26-28,30H,5-10,13-14H2. The lowest BCUT2D eigenvalue weighted by molar-refractivity contribution is 0.0552. The van der Waals surface area contributed by atoms with Crippen LogP contribution in [0.4, 0.5) is 0 Å². The summed E-state index contributed by atoms with van der Waals surface area (Å²) in [6, 6.07) is 9.64. The second-order valence-electron chi connectivity index (χ2n) is 7.83. The van der Waals surface area contributed by atoms with Gasteiger partial charge in [-0.15, -0.1) is 0 Å². The molecule has 0 bridgehead atoms. The fraction of sp³-hybridized carbons (Fsp3) is 0.375. The van der Waals surface area contributed by atoms with Gasteiger partial charge in [-0.1, -0.05) is 0 Å². The molecule has 182 valence electrons. The molecule has 0 aliphatic carbocycles. The number of nitrogens with zero attached hydrogens (tertiary/aromatic N) is 1. The molecule has 4 rings (SSSR count). The molecule has 1 unspecified atom stereocenters. The molecule has 0 radical (unpaired) electrons. The van der Waals surface area contributed by atoms with Crippen LogP contribution in [0.25, 0.3) is 22.3 Å². The third-order valence-corrected chi connectivity index (χ3v) is 5.38. The van der Waals surface area contributed by atoms with E-state index in [1.165, 1.54) is 12.1 Å². The molecular weight excluding hydrogens is 446 g/mol. The molecule has 10 heteroatoms. The van der Waals surface area contributed by atoms with E-state index in [4.69, 9.17) is 28.8 Å². The van der Waals surface area contributed by atoms with Gasteiger partial charge in [0.05, 0.1) is 13.2 Å². The minimum Gasteiger partial charge on any atom is -0.504 e. The quantitative estimate of drug-likeness (QED) is 0.336. The number of aromatic hydroxyl groups is 1. The van der Waals surface area contributed by atoms with Gasteiger partial charge in [0.1, 0.15) is 48.4 Å². The summed E-state index contributed by atoms with van der Waals surface area (Å²) < 4.78 is 22.4. The fourth-order valence-electron chi connectivity index (χ4n) is 3.78. The number of fused-ring (bicyclic) bond motifs is 2. The molecule has 0 fully saturated rings. The zero-order valence-corrected chi connectivity index (χ0v) is 18.5. The lowest BCUT2D eigenvalue weighted by atomic mass is 10.1. The van der Waals surface area contributed by atoms with Crippen LogP contribution in [0.5, 0.6) is 23.0 Å². The summed E-state index contributed by atoms with van der Waals surface area (Å²) in [5, 5.41) is 38.8. The Bertz CT molecular complexity index is 1170. The number of hydrogen-bond acceptors (Lipinski definition) is 10. The molecule has 2 aromatic carbocycles. The highest BCUT2D eigenvalue weighted by atomic mass is 16.6. The van der Waals surface area contributed by atoms with Gasteiger partial charge in [0.25, 0.3) is 0 Å². The summed E-state index contributed by atoms with van der Waals surface area (Å²) >= 11 is 0. The average Bonchev–Trinajstić information content (AvgIpc) is 2.83. The fourth-order valence-corrected chi connectivity index (χ4v) is 3.78. The predicted molar refractivity (Wildman–Crippen MR) is 123 cm³/mol. The van der Waals surface area contributed by atoms with Crippen LogP contribution < -0.4 is 19.6 Å². The van der Waals surface area contributed by atoms with E-state index in [-0.39, 0.29) is 55.4 Å². The number of phenols is 1. The van der Waals surface area contributed by atoms with Gasteiger partial charge >= 0.3 is 0 Å². The molecule has 0 spiro atoms. The number of aliphatic hydroxyl groups excluding tert-OH is 3. The second kappa shape index (κ2) is 10.7. The van der Waals surface area contributed by atoms with Gasteiger partial charge in [-0.2, -0.15) is 0 Å². The van der Waals surface area contributed by atoms with Crippen molar-refractivity contribution < 1.29 is 39.1 Å². The SMILES string of the molecule is O=c1cc(-c2ccc(OCC(O)CN(CCO)CCO)cc2)oc2cc3c(c(O)c12)OCCO3. The summed E-state index contributed by atoms with van der Waals surface area (Å²) in [5.41, 5.74) is 0.394. The minimum absolute atomic E-state index is 0.0263. The van der Waals surface area contributed by atoms with Crippen molar-refractivity contribution in [3.8, 4) is 34.3 Å². The molecule has 1 aromatic heterocycles. The van der Waals surface area contributed by atoms with Gasteiger partial charge in [-0.05, 0) is 24.3 Å². The van der Waals surface area contributed by atoms with Crippen LogP contribution >= 0.6 is 0 Å². The van der Waals surface area contributed by atoms with Gasteiger partial charge in [0, 0.05) is 37.3 Å². The summed E-state index contributed by atoms with van der Waals surface area (Å²) in [6.07, 6.45) is -0.805. The van der Waals surface area contributed by atoms with E-state index < -0.39 is 11.5 Å². The zero-order valence-electron chi connectivity index (χ0n) is 18.5. The minimum atomic E-state index is -0.805. The molecule has 2 heterocycles. The summed E-state index contributed by atoms with van der Waals surface area (Å²) in [7, 11) is 0. The highest BCUT2D eigenvalue weighted by molar-refractivity contribution is 5.89. The topological polar surface area (TPSA) is 142 Å². The summed E-state index contributed by atoms with van der Waals surface area (Å²) in [6.45, 7) is 1.47. The molecule has 0 amide bonds. The molecule has 1 atom stereocenters. The van der Waals surface area contributed by atoms with Crippen LogP contribution in [0, 0.1) is 0 Å². The molecule has 1 aliphatic heterocycles. The molecule has 3 aromatic rings. The molecular formula is C24H27NO9. The Morgan fingerprint density at radius 2 is 1.74 bits per heavy atom. The largest absolute Gasteiger partial charge is 0.504 e. The highest BCUT2D eigenvalue weighted by Gasteiger charge is 2.22. The predicted octanol–water partition coefficient (Wildman–Crippen LogP) is 0.963. The first-order valence-electron chi connectivity index (χ1n) is 10.9. The van der Waals surface area contributed by atoms with Crippen molar-refractivity contribution in [2.75, 3.05) is 52.7 Å². The molecule has 1 aliphatic rings. The Labute approximate surface area is 195 Å². The Kier molecular flexibility index (Phi) is 7.53. The van der Waals surface area contributed by atoms with E-state index in [0.717, 1.165) is 0 Å². The maximum Gasteiger partial charge on any atom is 0.204 e. The first kappa shape index (κ1) is 23.8. The summed E-state index contributed by atoms with van der Waals surface area (Å²) in [5.74, 6) is 0.975. The van der Waals surface area contributed by atoms with Crippen LogP contribution in [-0.4, -0.2) is 84.1 Å². The average molecular weight is 473 g/mol. The van der Waals surface area contributed by atoms with Crippen molar-refractivity contribution in [2.45, 2.75) is 6.10 Å². The first-order chi connectivity index (χ1) is 16.5. The van der Waals surface area contributed by atoms with Crippen molar-refractivity contribution >= 4 is 11.0 Å². The van der Waals surface area contributed by atoms with Gasteiger partial charge < -0.3 is 39.1 Å². The molecule has 34 heavy (non-hydrogen) atoms. The van der Waals surface area contributed by atoms with Crippen molar-refractivity contribution in [1.29, 1.82) is 0 Å². The zero-order chi connectivity index (χ0) is 24.1. The van der Waals surface area contributed by atoms with Crippen LogP contribution in [0.2, 0.25) is 0 Å². The lowest BCUT2D eigenvalue weighted by Crippen LogP contribution is -2.38. The number of aliphatic hydroxyl groups is 3. The number of rotatable bonds is 10. The van der Waals surface area contributed by atoms with Gasteiger partial charge in [0.2, 0.25) is 5.75 Å². The Hall–Kier alpha value is -3.31. The number of benzene rings is 2. The number of phenolic OH excluding ortho intramolecular Hbond substituents is 1. The normalized spacial score (nSPS) is 13.9. The Morgan fingerprint density at radius 3 is 2.44 bits per heavy atom. The lowest BCUT2D eigenvalue weighted by Gasteiger charge is -2.23. The Morgan fingerprint density at radius 1 is 1.03 bits per heavy atom. The van der Waals surface area contributed by atoms with Gasteiger partial charge in [0.15, 0.2) is 16.9 Å². The third kappa shape index (κ3) is 5.26. The third-order valence-electron chi connectivity index (χ3n) is 5.38. The van der Waals surface area contributed by atoms with Crippen molar-refractivity contribution in [3.05, 3.63) is 46.6 Å².